The van der Waals surface area contributed by atoms with E-state index in [2.05, 4.69) is 49.8 Å². The van der Waals surface area contributed by atoms with E-state index in [1.807, 2.05) is 23.5 Å². The molecule has 5 heterocycles. The van der Waals surface area contributed by atoms with Crippen LogP contribution in [0.5, 0.6) is 0 Å². The number of fused-ring (bicyclic) bond motifs is 2. The van der Waals surface area contributed by atoms with E-state index in [0.717, 1.165) is 23.1 Å². The van der Waals surface area contributed by atoms with Gasteiger partial charge in [-0.25, -0.2) is 4.98 Å². The van der Waals surface area contributed by atoms with Crippen LogP contribution >= 0.6 is 38.6 Å². The number of pyridine rings is 1. The van der Waals surface area contributed by atoms with Gasteiger partial charge in [-0.3, -0.25) is 14.1 Å². The normalized spacial score (nSPS) is 17.3. The van der Waals surface area contributed by atoms with Crippen LogP contribution in [0.4, 0.5) is 0 Å². The highest BCUT2D eigenvalue weighted by Gasteiger charge is 2.30. The maximum absolute atomic E-state index is 12.5. The van der Waals surface area contributed by atoms with Crippen LogP contribution in [-0.4, -0.2) is 20.8 Å². The first-order chi connectivity index (χ1) is 13.2. The number of halogens is 1. The summed E-state index contributed by atoms with van der Waals surface area (Å²) >= 11 is 7.05. The third-order valence-corrected chi connectivity index (χ3v) is 7.31. The molecule has 1 aliphatic rings. The van der Waals surface area contributed by atoms with Gasteiger partial charge in [-0.1, -0.05) is 6.07 Å². The van der Waals surface area contributed by atoms with Crippen LogP contribution < -0.4 is 5.56 Å². The Morgan fingerprint density at radius 3 is 2.96 bits per heavy atom. The van der Waals surface area contributed by atoms with Crippen molar-refractivity contribution in [2.45, 2.75) is 19.0 Å². The molecule has 1 atom stereocenters. The van der Waals surface area contributed by atoms with Gasteiger partial charge in [0.1, 0.15) is 5.65 Å². The van der Waals surface area contributed by atoms with E-state index in [0.29, 0.717) is 12.2 Å². The van der Waals surface area contributed by atoms with Gasteiger partial charge in [-0.05, 0) is 62.9 Å². The second-order valence-electron chi connectivity index (χ2n) is 6.60. The third kappa shape index (κ3) is 3.18. The van der Waals surface area contributed by atoms with E-state index < -0.39 is 0 Å². The highest BCUT2D eigenvalue weighted by atomic mass is 79.9. The zero-order valence-corrected chi connectivity index (χ0v) is 17.6. The van der Waals surface area contributed by atoms with Gasteiger partial charge in [0.25, 0.3) is 5.56 Å². The Kier molecular flexibility index (Phi) is 4.47. The first-order valence-corrected chi connectivity index (χ1v) is 11.3. The predicted octanol–water partition coefficient (Wildman–Crippen LogP) is 4.73. The lowest BCUT2D eigenvalue weighted by Gasteiger charge is -2.35. The molecule has 4 nitrogen and oxygen atoms in total. The SMILES string of the molecule is O=c1cc(CN2CCc3sccc3C2c2cccs2)nc2ccc(Br)cn12. The maximum Gasteiger partial charge on any atom is 0.258 e. The molecule has 136 valence electrons. The maximum atomic E-state index is 12.5. The minimum atomic E-state index is -0.0443. The number of thiophene rings is 2. The Bertz CT molecular complexity index is 1170. The minimum absolute atomic E-state index is 0.0443. The van der Waals surface area contributed by atoms with Crippen molar-refractivity contribution in [2.24, 2.45) is 0 Å². The van der Waals surface area contributed by atoms with E-state index >= 15 is 0 Å². The third-order valence-electron chi connectivity index (χ3n) is 4.92. The molecule has 7 heteroatoms. The lowest BCUT2D eigenvalue weighted by Crippen LogP contribution is -2.35. The van der Waals surface area contributed by atoms with Crippen LogP contribution in [-0.2, 0) is 13.0 Å². The molecule has 5 rings (SSSR count). The van der Waals surface area contributed by atoms with Crippen LogP contribution in [0.2, 0.25) is 0 Å². The molecule has 0 fully saturated rings. The Balaban J connectivity index is 1.54. The minimum Gasteiger partial charge on any atom is -0.285 e. The molecule has 0 saturated carbocycles. The number of hydrogen-bond donors (Lipinski definition) is 0. The summed E-state index contributed by atoms with van der Waals surface area (Å²) in [6, 6.07) is 12.2. The number of rotatable bonds is 3. The molecule has 0 aliphatic carbocycles. The van der Waals surface area contributed by atoms with Crippen LogP contribution in [0.3, 0.4) is 0 Å². The van der Waals surface area contributed by atoms with Gasteiger partial charge in [0, 0.05) is 39.6 Å². The highest BCUT2D eigenvalue weighted by molar-refractivity contribution is 9.10. The Hall–Kier alpha value is -1.80. The first kappa shape index (κ1) is 17.3. The smallest absolute Gasteiger partial charge is 0.258 e. The van der Waals surface area contributed by atoms with Crippen molar-refractivity contribution in [1.29, 1.82) is 0 Å². The quantitative estimate of drug-likeness (QED) is 0.446. The fourth-order valence-electron chi connectivity index (χ4n) is 3.73. The summed E-state index contributed by atoms with van der Waals surface area (Å²) < 4.78 is 2.45. The van der Waals surface area contributed by atoms with Gasteiger partial charge < -0.3 is 0 Å². The average Bonchev–Trinajstić information content (AvgIpc) is 3.34. The second-order valence-corrected chi connectivity index (χ2v) is 9.49. The van der Waals surface area contributed by atoms with Gasteiger partial charge in [-0.2, -0.15) is 0 Å². The average molecular weight is 458 g/mol. The van der Waals surface area contributed by atoms with Crippen molar-refractivity contribution in [3.63, 3.8) is 0 Å². The van der Waals surface area contributed by atoms with Crippen molar-refractivity contribution >= 4 is 44.3 Å². The van der Waals surface area contributed by atoms with E-state index in [4.69, 9.17) is 4.98 Å². The Labute approximate surface area is 172 Å². The number of aromatic nitrogens is 2. The second kappa shape index (κ2) is 6.98. The monoisotopic (exact) mass is 457 g/mol. The molecule has 0 aromatic carbocycles. The molecule has 0 saturated heterocycles. The molecule has 0 amide bonds. The number of hydrogen-bond acceptors (Lipinski definition) is 5. The fourth-order valence-corrected chi connectivity index (χ4v) is 5.85. The zero-order chi connectivity index (χ0) is 18.4. The van der Waals surface area contributed by atoms with Crippen molar-refractivity contribution in [1.82, 2.24) is 14.3 Å². The lowest BCUT2D eigenvalue weighted by molar-refractivity contribution is 0.206. The molecule has 0 radical (unpaired) electrons. The van der Waals surface area contributed by atoms with Crippen LogP contribution in [0.15, 0.2) is 62.6 Å². The largest absolute Gasteiger partial charge is 0.285 e. The van der Waals surface area contributed by atoms with Crippen LogP contribution in [0.25, 0.3) is 5.65 Å². The zero-order valence-electron chi connectivity index (χ0n) is 14.3. The van der Waals surface area contributed by atoms with Crippen molar-refractivity contribution in [3.05, 3.63) is 89.2 Å². The summed E-state index contributed by atoms with van der Waals surface area (Å²) in [7, 11) is 0. The van der Waals surface area contributed by atoms with Gasteiger partial charge >= 0.3 is 0 Å². The molecule has 0 bridgehead atoms. The molecule has 1 aliphatic heterocycles. The van der Waals surface area contributed by atoms with E-state index in [9.17, 15) is 4.79 Å². The fraction of sp³-hybridized carbons (Fsp3) is 0.200. The van der Waals surface area contributed by atoms with Crippen LogP contribution in [0.1, 0.15) is 27.1 Å². The molecular weight excluding hydrogens is 442 g/mol. The van der Waals surface area contributed by atoms with Crippen molar-refractivity contribution < 1.29 is 0 Å². The molecular formula is C20H16BrN3OS2. The highest BCUT2D eigenvalue weighted by Crippen LogP contribution is 2.39. The van der Waals surface area contributed by atoms with Gasteiger partial charge in [0.2, 0.25) is 0 Å². The Morgan fingerprint density at radius 2 is 2.11 bits per heavy atom. The van der Waals surface area contributed by atoms with Gasteiger partial charge in [0.15, 0.2) is 0 Å². The summed E-state index contributed by atoms with van der Waals surface area (Å²) in [6.45, 7) is 1.64. The summed E-state index contributed by atoms with van der Waals surface area (Å²) in [6.07, 6.45) is 2.82. The Morgan fingerprint density at radius 1 is 1.19 bits per heavy atom. The van der Waals surface area contributed by atoms with E-state index in [1.54, 1.807) is 28.0 Å². The van der Waals surface area contributed by atoms with Gasteiger partial charge in [-0.15, -0.1) is 22.7 Å². The summed E-state index contributed by atoms with van der Waals surface area (Å²) in [5, 5.41) is 4.32. The molecule has 1 unspecified atom stereocenters. The van der Waals surface area contributed by atoms with Gasteiger partial charge in [0.05, 0.1) is 11.7 Å². The molecule has 4 aromatic rings. The lowest BCUT2D eigenvalue weighted by atomic mass is 9.98. The predicted molar refractivity (Wildman–Crippen MR) is 114 cm³/mol. The first-order valence-electron chi connectivity index (χ1n) is 8.70. The van der Waals surface area contributed by atoms with Crippen LogP contribution in [0, 0.1) is 0 Å². The molecule has 4 aromatic heterocycles. The summed E-state index contributed by atoms with van der Waals surface area (Å²) in [5.41, 5.74) is 2.86. The number of nitrogens with zero attached hydrogens (tertiary/aromatic N) is 3. The summed E-state index contributed by atoms with van der Waals surface area (Å²) in [5.74, 6) is 0. The molecule has 0 spiro atoms. The standard InChI is InChI=1S/C20H16BrN3OS2/c21-13-3-4-18-22-14(10-19(25)24(18)11-13)12-23-7-5-16-15(6-9-27-16)20(23)17-2-1-8-26-17/h1-4,6,8-11,20H,5,7,12H2. The van der Waals surface area contributed by atoms with Crippen molar-refractivity contribution in [2.75, 3.05) is 6.54 Å². The molecule has 0 N–H and O–H groups in total. The molecule has 27 heavy (non-hydrogen) atoms. The van der Waals surface area contributed by atoms with E-state index in [1.165, 1.54) is 15.3 Å². The topological polar surface area (TPSA) is 37.6 Å². The van der Waals surface area contributed by atoms with E-state index in [-0.39, 0.29) is 11.6 Å². The van der Waals surface area contributed by atoms with Crippen molar-refractivity contribution in [3.8, 4) is 0 Å². The summed E-state index contributed by atoms with van der Waals surface area (Å²) in [4.78, 5) is 22.5.